The van der Waals surface area contributed by atoms with Gasteiger partial charge in [-0.2, -0.15) is 0 Å². The number of ether oxygens (including phenoxy) is 2. The molecule has 0 saturated heterocycles. The topological polar surface area (TPSA) is 21.7 Å². The van der Waals surface area contributed by atoms with Gasteiger partial charge < -0.3 is 14.4 Å². The van der Waals surface area contributed by atoms with Crippen molar-refractivity contribution in [3.8, 4) is 0 Å². The normalized spacial score (nSPS) is 16.6. The molecule has 0 unspecified atom stereocenters. The Bertz CT molecular complexity index is 734. The van der Waals surface area contributed by atoms with Crippen LogP contribution in [0.3, 0.4) is 0 Å². The molecule has 2 aromatic rings. The number of anilines is 1. The molecule has 4 rings (SSSR count). The summed E-state index contributed by atoms with van der Waals surface area (Å²) in [5, 5.41) is 0. The van der Waals surface area contributed by atoms with E-state index in [-0.39, 0.29) is 6.29 Å². The van der Waals surface area contributed by atoms with Crippen molar-refractivity contribution in [2.75, 3.05) is 11.4 Å². The van der Waals surface area contributed by atoms with Crippen LogP contribution in [0.15, 0.2) is 55.0 Å². The largest absolute Gasteiger partial charge is 0.455 e. The van der Waals surface area contributed by atoms with Crippen LogP contribution in [-0.4, -0.2) is 6.54 Å². The SMILES string of the molecule is ClCc1ccc(CN2CCCc3c(C4OC=CO4)cccc32)cc1. The van der Waals surface area contributed by atoms with E-state index in [2.05, 4.69) is 47.4 Å². The Morgan fingerprint density at radius 1 is 1.00 bits per heavy atom. The molecule has 0 amide bonds. The highest BCUT2D eigenvalue weighted by molar-refractivity contribution is 6.17. The van der Waals surface area contributed by atoms with Gasteiger partial charge in [0, 0.05) is 30.2 Å². The lowest BCUT2D eigenvalue weighted by molar-refractivity contribution is -0.0252. The quantitative estimate of drug-likeness (QED) is 0.739. The summed E-state index contributed by atoms with van der Waals surface area (Å²) in [7, 11) is 0. The van der Waals surface area contributed by atoms with E-state index in [1.54, 1.807) is 12.5 Å². The van der Waals surface area contributed by atoms with Crippen LogP contribution in [0.25, 0.3) is 0 Å². The predicted octanol–water partition coefficient (Wildman–Crippen LogP) is 4.89. The molecule has 24 heavy (non-hydrogen) atoms. The molecule has 0 bridgehead atoms. The maximum absolute atomic E-state index is 5.88. The number of hydrogen-bond acceptors (Lipinski definition) is 3. The number of halogens is 1. The number of rotatable bonds is 4. The molecule has 3 nitrogen and oxygen atoms in total. The molecule has 0 saturated carbocycles. The zero-order valence-electron chi connectivity index (χ0n) is 13.5. The molecule has 2 aliphatic heterocycles. The average molecular weight is 342 g/mol. The van der Waals surface area contributed by atoms with Crippen LogP contribution in [0.2, 0.25) is 0 Å². The van der Waals surface area contributed by atoms with Crippen LogP contribution in [0, 0.1) is 0 Å². The third kappa shape index (κ3) is 2.96. The molecular formula is C20H20ClNO2. The van der Waals surface area contributed by atoms with Gasteiger partial charge in [0.15, 0.2) is 0 Å². The number of fused-ring (bicyclic) bond motifs is 1. The van der Waals surface area contributed by atoms with E-state index >= 15 is 0 Å². The first-order valence-corrected chi connectivity index (χ1v) is 8.85. The lowest BCUT2D eigenvalue weighted by Crippen LogP contribution is -2.29. The monoisotopic (exact) mass is 341 g/mol. The van der Waals surface area contributed by atoms with E-state index in [9.17, 15) is 0 Å². The van der Waals surface area contributed by atoms with Gasteiger partial charge in [-0.3, -0.25) is 0 Å². The Labute approximate surface area is 147 Å². The van der Waals surface area contributed by atoms with Crippen molar-refractivity contribution < 1.29 is 9.47 Å². The van der Waals surface area contributed by atoms with Crippen LogP contribution in [-0.2, 0) is 28.3 Å². The van der Waals surface area contributed by atoms with Crippen molar-refractivity contribution in [2.24, 2.45) is 0 Å². The van der Waals surface area contributed by atoms with Crippen LogP contribution < -0.4 is 4.90 Å². The van der Waals surface area contributed by atoms with Gasteiger partial charge in [-0.15, -0.1) is 11.6 Å². The Morgan fingerprint density at radius 2 is 1.75 bits per heavy atom. The standard InChI is InChI=1S/C20H20ClNO2/c21-13-15-6-8-16(9-7-15)14-22-10-2-4-17-18(3-1-5-19(17)22)20-23-11-12-24-20/h1,3,5-9,11-12,20H,2,4,10,13-14H2. The minimum atomic E-state index is -0.303. The van der Waals surface area contributed by atoms with E-state index in [1.165, 1.54) is 16.8 Å². The van der Waals surface area contributed by atoms with E-state index in [0.717, 1.165) is 37.1 Å². The third-order valence-corrected chi connectivity index (χ3v) is 4.96. The maximum Gasteiger partial charge on any atom is 0.266 e. The van der Waals surface area contributed by atoms with Crippen LogP contribution >= 0.6 is 11.6 Å². The summed E-state index contributed by atoms with van der Waals surface area (Å²) in [5.74, 6) is 0.561. The molecule has 2 heterocycles. The summed E-state index contributed by atoms with van der Waals surface area (Å²) in [6.45, 7) is 1.97. The summed E-state index contributed by atoms with van der Waals surface area (Å²) in [6.07, 6.45) is 5.13. The van der Waals surface area contributed by atoms with E-state index in [0.29, 0.717) is 5.88 Å². The summed E-state index contributed by atoms with van der Waals surface area (Å²) >= 11 is 5.88. The van der Waals surface area contributed by atoms with E-state index in [1.807, 2.05) is 0 Å². The molecule has 2 aliphatic rings. The minimum Gasteiger partial charge on any atom is -0.455 e. The molecule has 0 atom stereocenters. The fraction of sp³-hybridized carbons (Fsp3) is 0.300. The van der Waals surface area contributed by atoms with Crippen LogP contribution in [0.4, 0.5) is 5.69 Å². The highest BCUT2D eigenvalue weighted by Gasteiger charge is 2.25. The Balaban J connectivity index is 1.60. The summed E-state index contributed by atoms with van der Waals surface area (Å²) < 4.78 is 11.1. The predicted molar refractivity (Wildman–Crippen MR) is 95.9 cm³/mol. The Hall–Kier alpha value is -2.13. The van der Waals surface area contributed by atoms with Gasteiger partial charge >= 0.3 is 0 Å². The van der Waals surface area contributed by atoms with Crippen molar-refractivity contribution in [3.63, 3.8) is 0 Å². The first-order valence-electron chi connectivity index (χ1n) is 8.31. The molecule has 124 valence electrons. The van der Waals surface area contributed by atoms with Gasteiger partial charge in [0.05, 0.1) is 0 Å². The highest BCUT2D eigenvalue weighted by atomic mass is 35.5. The second-order valence-corrected chi connectivity index (χ2v) is 6.46. The first-order chi connectivity index (χ1) is 11.8. The summed E-state index contributed by atoms with van der Waals surface area (Å²) in [6, 6.07) is 15.0. The van der Waals surface area contributed by atoms with Crippen LogP contribution in [0.1, 0.15) is 35.0 Å². The first kappa shape index (κ1) is 15.4. The Kier molecular flexibility index (Phi) is 4.35. The zero-order chi connectivity index (χ0) is 16.4. The second kappa shape index (κ2) is 6.78. The van der Waals surface area contributed by atoms with Crippen molar-refractivity contribution in [3.05, 3.63) is 77.2 Å². The fourth-order valence-electron chi connectivity index (χ4n) is 3.45. The van der Waals surface area contributed by atoms with Gasteiger partial charge in [0.2, 0.25) is 0 Å². The van der Waals surface area contributed by atoms with Crippen molar-refractivity contribution in [1.29, 1.82) is 0 Å². The maximum atomic E-state index is 5.88. The van der Waals surface area contributed by atoms with E-state index in [4.69, 9.17) is 21.1 Å². The van der Waals surface area contributed by atoms with Crippen molar-refractivity contribution in [1.82, 2.24) is 0 Å². The second-order valence-electron chi connectivity index (χ2n) is 6.20. The average Bonchev–Trinajstić information content (AvgIpc) is 3.17. The molecule has 0 spiro atoms. The van der Waals surface area contributed by atoms with Crippen molar-refractivity contribution in [2.45, 2.75) is 31.6 Å². The summed E-state index contributed by atoms with van der Waals surface area (Å²) in [5.41, 5.74) is 6.23. The molecule has 4 heteroatoms. The summed E-state index contributed by atoms with van der Waals surface area (Å²) in [4.78, 5) is 2.44. The number of nitrogens with zero attached hydrogens (tertiary/aromatic N) is 1. The van der Waals surface area contributed by atoms with Gasteiger partial charge in [0.25, 0.3) is 6.29 Å². The molecule has 0 aliphatic carbocycles. The lowest BCUT2D eigenvalue weighted by Gasteiger charge is -2.33. The van der Waals surface area contributed by atoms with Crippen molar-refractivity contribution >= 4 is 17.3 Å². The smallest absolute Gasteiger partial charge is 0.266 e. The fourth-order valence-corrected chi connectivity index (χ4v) is 3.63. The molecule has 0 fully saturated rings. The minimum absolute atomic E-state index is 0.303. The lowest BCUT2D eigenvalue weighted by atomic mass is 9.95. The number of alkyl halides is 1. The molecule has 0 N–H and O–H groups in total. The van der Waals surface area contributed by atoms with Gasteiger partial charge in [-0.1, -0.05) is 36.4 Å². The van der Waals surface area contributed by atoms with Gasteiger partial charge in [-0.05, 0) is 35.6 Å². The molecule has 0 aromatic heterocycles. The molecule has 0 radical (unpaired) electrons. The Morgan fingerprint density at radius 3 is 2.50 bits per heavy atom. The van der Waals surface area contributed by atoms with Gasteiger partial charge in [0.1, 0.15) is 12.5 Å². The number of benzene rings is 2. The molecule has 2 aromatic carbocycles. The zero-order valence-corrected chi connectivity index (χ0v) is 14.2. The number of hydrogen-bond donors (Lipinski definition) is 0. The third-order valence-electron chi connectivity index (χ3n) is 4.65. The molecular weight excluding hydrogens is 322 g/mol. The van der Waals surface area contributed by atoms with E-state index < -0.39 is 0 Å². The van der Waals surface area contributed by atoms with Crippen LogP contribution in [0.5, 0.6) is 0 Å². The van der Waals surface area contributed by atoms with Gasteiger partial charge in [-0.25, -0.2) is 0 Å². The highest BCUT2D eigenvalue weighted by Crippen LogP contribution is 2.36.